The highest BCUT2D eigenvalue weighted by Crippen LogP contribution is 2.22. The number of carboxylic acids is 1. The highest BCUT2D eigenvalue weighted by Gasteiger charge is 2.18. The van der Waals surface area contributed by atoms with Crippen LogP contribution in [-0.4, -0.2) is 24.7 Å². The number of carbonyl (C=O) groups is 1. The van der Waals surface area contributed by atoms with Crippen molar-refractivity contribution in [1.82, 2.24) is 5.16 Å². The van der Waals surface area contributed by atoms with Gasteiger partial charge in [-0.1, -0.05) is 5.16 Å². The molecule has 0 spiro atoms. The fraction of sp³-hybridized carbons (Fsp3) is 0. The van der Waals surface area contributed by atoms with Gasteiger partial charge in [-0.3, -0.25) is 4.72 Å². The van der Waals surface area contributed by atoms with Gasteiger partial charge in [0.1, 0.15) is 12.0 Å². The first-order chi connectivity index (χ1) is 8.90. The quantitative estimate of drug-likeness (QED) is 0.875. The first-order valence-corrected chi connectivity index (χ1v) is 7.13. The fourth-order valence-electron chi connectivity index (χ4n) is 1.30. The second kappa shape index (κ2) is 5.02. The molecule has 7 nitrogen and oxygen atoms in total. The molecular weight excluding hydrogens is 340 g/mol. The second-order valence-corrected chi connectivity index (χ2v) is 6.00. The zero-order valence-corrected chi connectivity index (χ0v) is 11.6. The lowest BCUT2D eigenvalue weighted by Crippen LogP contribution is -2.13. The van der Waals surface area contributed by atoms with E-state index in [4.69, 9.17) is 5.11 Å². The number of halogens is 1. The summed E-state index contributed by atoms with van der Waals surface area (Å²) >= 11 is 3.04. The Morgan fingerprint density at radius 3 is 2.74 bits per heavy atom. The number of nitrogens with one attached hydrogen (secondary N) is 1. The summed E-state index contributed by atoms with van der Waals surface area (Å²) < 4.78 is 31.0. The van der Waals surface area contributed by atoms with Crippen molar-refractivity contribution in [3.8, 4) is 0 Å². The summed E-state index contributed by atoms with van der Waals surface area (Å²) in [4.78, 5) is 10.8. The summed E-state index contributed by atoms with van der Waals surface area (Å²) in [5.74, 6) is -1.23. The zero-order valence-electron chi connectivity index (χ0n) is 9.20. The molecule has 0 saturated heterocycles. The van der Waals surface area contributed by atoms with Crippen molar-refractivity contribution in [2.75, 3.05) is 4.72 Å². The smallest absolute Gasteiger partial charge is 0.336 e. The summed E-state index contributed by atoms with van der Waals surface area (Å²) in [6, 6.07) is 3.69. The lowest BCUT2D eigenvalue weighted by Gasteiger charge is -2.07. The van der Waals surface area contributed by atoms with Crippen molar-refractivity contribution in [2.24, 2.45) is 0 Å². The van der Waals surface area contributed by atoms with Gasteiger partial charge in [0, 0.05) is 4.47 Å². The number of rotatable bonds is 4. The van der Waals surface area contributed by atoms with Crippen LogP contribution in [0.5, 0.6) is 0 Å². The van der Waals surface area contributed by atoms with Gasteiger partial charge in [-0.25, -0.2) is 13.2 Å². The van der Waals surface area contributed by atoms with E-state index >= 15 is 0 Å². The molecule has 0 saturated carbocycles. The van der Waals surface area contributed by atoms with Crippen molar-refractivity contribution >= 4 is 37.6 Å². The Morgan fingerprint density at radius 2 is 2.16 bits per heavy atom. The third-order valence-corrected chi connectivity index (χ3v) is 4.23. The fourth-order valence-corrected chi connectivity index (χ4v) is 2.77. The van der Waals surface area contributed by atoms with Gasteiger partial charge < -0.3 is 9.63 Å². The molecule has 2 rings (SSSR count). The third-order valence-electron chi connectivity index (χ3n) is 2.16. The van der Waals surface area contributed by atoms with Gasteiger partial charge in [0.15, 0.2) is 0 Å². The maximum Gasteiger partial charge on any atom is 0.336 e. The van der Waals surface area contributed by atoms with Crippen LogP contribution in [-0.2, 0) is 10.0 Å². The summed E-state index contributed by atoms with van der Waals surface area (Å²) in [5, 5.41) is 12.3. The number of carboxylic acid groups (broad SMARTS) is 1. The van der Waals surface area contributed by atoms with Crippen LogP contribution in [0.4, 0.5) is 5.69 Å². The first-order valence-electron chi connectivity index (χ1n) is 4.85. The number of anilines is 1. The Morgan fingerprint density at radius 1 is 1.42 bits per heavy atom. The molecule has 0 aliphatic rings. The molecule has 0 bridgehead atoms. The van der Waals surface area contributed by atoms with Crippen molar-refractivity contribution in [1.29, 1.82) is 0 Å². The maximum atomic E-state index is 12.0. The minimum absolute atomic E-state index is 0.145. The largest absolute Gasteiger partial charge is 0.478 e. The normalized spacial score (nSPS) is 11.2. The van der Waals surface area contributed by atoms with Gasteiger partial charge in [-0.2, -0.15) is 0 Å². The molecule has 19 heavy (non-hydrogen) atoms. The topological polar surface area (TPSA) is 110 Å². The van der Waals surface area contributed by atoms with Gasteiger partial charge in [-0.15, -0.1) is 0 Å². The first kappa shape index (κ1) is 13.6. The maximum absolute atomic E-state index is 12.0. The SMILES string of the molecule is O=C(O)c1cc(S(=O)(=O)Nc2cnoc2)ccc1Br. The molecule has 2 aromatic rings. The summed E-state index contributed by atoms with van der Waals surface area (Å²) in [6.07, 6.45) is 2.31. The molecule has 1 heterocycles. The van der Waals surface area contributed by atoms with E-state index in [9.17, 15) is 13.2 Å². The predicted octanol–water partition coefficient (Wildman–Crippen LogP) is 1.94. The van der Waals surface area contributed by atoms with Gasteiger partial charge in [-0.05, 0) is 34.1 Å². The van der Waals surface area contributed by atoms with Crippen LogP contribution in [0, 0.1) is 0 Å². The number of aromatic carboxylic acids is 1. The molecule has 0 fully saturated rings. The molecule has 0 atom stereocenters. The number of hydrogen-bond donors (Lipinski definition) is 2. The molecule has 0 radical (unpaired) electrons. The lowest BCUT2D eigenvalue weighted by atomic mass is 10.2. The molecule has 100 valence electrons. The lowest BCUT2D eigenvalue weighted by molar-refractivity contribution is 0.0695. The molecule has 0 unspecified atom stereocenters. The minimum Gasteiger partial charge on any atom is -0.478 e. The summed E-state index contributed by atoms with van der Waals surface area (Å²) in [7, 11) is -3.89. The van der Waals surface area contributed by atoms with Gasteiger partial charge in [0.05, 0.1) is 16.7 Å². The molecule has 0 amide bonds. The Labute approximate surface area is 116 Å². The Bertz CT molecular complexity index is 712. The van der Waals surface area contributed by atoms with Crippen LogP contribution >= 0.6 is 15.9 Å². The van der Waals surface area contributed by atoms with Crippen molar-refractivity contribution in [2.45, 2.75) is 4.90 Å². The predicted molar refractivity (Wildman–Crippen MR) is 68.4 cm³/mol. The molecule has 1 aromatic carbocycles. The van der Waals surface area contributed by atoms with Crippen LogP contribution in [0.15, 0.2) is 44.6 Å². The average Bonchev–Trinajstić information content (AvgIpc) is 2.80. The van der Waals surface area contributed by atoms with Crippen LogP contribution in [0.2, 0.25) is 0 Å². The molecule has 1 aromatic heterocycles. The third kappa shape index (κ3) is 2.93. The van der Waals surface area contributed by atoms with Gasteiger partial charge in [0.25, 0.3) is 10.0 Å². The van der Waals surface area contributed by atoms with E-state index in [2.05, 4.69) is 30.3 Å². The van der Waals surface area contributed by atoms with E-state index in [0.717, 1.165) is 12.3 Å². The average molecular weight is 347 g/mol. The molecular formula is C10H7BrN2O5S. The van der Waals surface area contributed by atoms with Crippen LogP contribution in [0.25, 0.3) is 0 Å². The second-order valence-electron chi connectivity index (χ2n) is 3.47. The van der Waals surface area contributed by atoms with Gasteiger partial charge in [0.2, 0.25) is 0 Å². The Hall–Kier alpha value is -1.87. The molecule has 0 aliphatic heterocycles. The highest BCUT2D eigenvalue weighted by atomic mass is 79.9. The standard InChI is InChI=1S/C10H7BrN2O5S/c11-9-2-1-7(3-8(9)10(14)15)19(16,17)13-6-4-12-18-5-6/h1-5,13H,(H,14,15). The summed E-state index contributed by atoms with van der Waals surface area (Å²) in [6.45, 7) is 0. The van der Waals surface area contributed by atoms with E-state index in [1.807, 2.05) is 0 Å². The zero-order chi connectivity index (χ0) is 14.0. The number of aromatic nitrogens is 1. The monoisotopic (exact) mass is 346 g/mol. The van der Waals surface area contributed by atoms with E-state index in [0.29, 0.717) is 4.47 Å². The number of nitrogens with zero attached hydrogens (tertiary/aromatic N) is 1. The van der Waals surface area contributed by atoms with E-state index in [1.165, 1.54) is 18.3 Å². The minimum atomic E-state index is -3.89. The number of sulfonamides is 1. The molecule has 9 heteroatoms. The molecule has 2 N–H and O–H groups in total. The number of hydrogen-bond acceptors (Lipinski definition) is 5. The van der Waals surface area contributed by atoms with Gasteiger partial charge >= 0.3 is 5.97 Å². The van der Waals surface area contributed by atoms with Crippen LogP contribution in [0.1, 0.15) is 10.4 Å². The van der Waals surface area contributed by atoms with Crippen molar-refractivity contribution in [3.63, 3.8) is 0 Å². The number of benzene rings is 1. The Kier molecular flexibility index (Phi) is 3.58. The van der Waals surface area contributed by atoms with Crippen molar-refractivity contribution < 1.29 is 22.8 Å². The van der Waals surface area contributed by atoms with E-state index in [1.54, 1.807) is 0 Å². The van der Waals surface area contributed by atoms with E-state index in [-0.39, 0.29) is 16.1 Å². The van der Waals surface area contributed by atoms with Crippen molar-refractivity contribution in [3.05, 3.63) is 40.7 Å². The van der Waals surface area contributed by atoms with E-state index < -0.39 is 16.0 Å². The summed E-state index contributed by atoms with van der Waals surface area (Å²) in [5.41, 5.74) is 0.00740. The highest BCUT2D eigenvalue weighted by molar-refractivity contribution is 9.10. The molecule has 0 aliphatic carbocycles. The Balaban J connectivity index is 2.41. The van der Waals surface area contributed by atoms with Crippen LogP contribution in [0.3, 0.4) is 0 Å². The van der Waals surface area contributed by atoms with Crippen LogP contribution < -0.4 is 4.72 Å².